The predicted molar refractivity (Wildman–Crippen MR) is 81.5 cm³/mol. The second-order valence-electron chi connectivity index (χ2n) is 4.04. The van der Waals surface area contributed by atoms with Gasteiger partial charge >= 0.3 is 0 Å². The Hall–Kier alpha value is -1.58. The van der Waals surface area contributed by atoms with Gasteiger partial charge in [-0.15, -0.1) is 23.7 Å². The van der Waals surface area contributed by atoms with Crippen molar-refractivity contribution in [3.63, 3.8) is 0 Å². The molecule has 0 aliphatic carbocycles. The lowest BCUT2D eigenvalue weighted by Gasteiger charge is -2.01. The molecule has 0 amide bonds. The number of aromatic nitrogens is 1. The highest BCUT2D eigenvalue weighted by molar-refractivity contribution is 7.18. The Morgan fingerprint density at radius 2 is 1.67 bits per heavy atom. The van der Waals surface area contributed by atoms with E-state index in [-0.39, 0.29) is 12.4 Å². The zero-order valence-electron chi connectivity index (χ0n) is 9.88. The van der Waals surface area contributed by atoms with Gasteiger partial charge in [-0.2, -0.15) is 0 Å². The molecule has 2 aromatic carbocycles. The fourth-order valence-corrected chi connectivity index (χ4v) is 2.71. The number of nitrogens with zero attached hydrogens (tertiary/aromatic N) is 1. The Morgan fingerprint density at radius 1 is 1.00 bits per heavy atom. The summed E-state index contributed by atoms with van der Waals surface area (Å²) in [6, 6.07) is 14.3. The summed E-state index contributed by atoms with van der Waals surface area (Å²) in [5.74, 6) is 0. The number of anilines is 1. The van der Waals surface area contributed by atoms with Crippen LogP contribution in [0.4, 0.5) is 5.69 Å². The summed E-state index contributed by atoms with van der Waals surface area (Å²) in [5.41, 5.74) is 9.91. The third-order valence-electron chi connectivity index (χ3n) is 2.74. The van der Waals surface area contributed by atoms with E-state index in [1.54, 1.807) is 11.3 Å². The van der Waals surface area contributed by atoms with Crippen molar-refractivity contribution in [2.75, 3.05) is 5.73 Å². The number of hydrogen-bond acceptors (Lipinski definition) is 3. The lowest BCUT2D eigenvalue weighted by molar-refractivity contribution is 1.35. The Balaban J connectivity index is 0.00000120. The van der Waals surface area contributed by atoms with Crippen LogP contribution in [0, 0.1) is 6.92 Å². The summed E-state index contributed by atoms with van der Waals surface area (Å²) in [7, 11) is 0. The quantitative estimate of drug-likeness (QED) is 0.674. The second kappa shape index (κ2) is 4.96. The summed E-state index contributed by atoms with van der Waals surface area (Å²) < 4.78 is 1.24. The summed E-state index contributed by atoms with van der Waals surface area (Å²) in [6.07, 6.45) is 0. The molecule has 1 aromatic heterocycles. The summed E-state index contributed by atoms with van der Waals surface area (Å²) in [6.45, 7) is 2.04. The number of benzene rings is 2. The van der Waals surface area contributed by atoms with Crippen molar-refractivity contribution in [3.05, 3.63) is 47.5 Å². The maximum atomic E-state index is 5.69. The number of rotatable bonds is 1. The van der Waals surface area contributed by atoms with Gasteiger partial charge in [-0.1, -0.05) is 18.2 Å². The highest BCUT2D eigenvalue weighted by Gasteiger charge is 2.03. The van der Waals surface area contributed by atoms with Crippen LogP contribution in [0.25, 0.3) is 21.3 Å². The van der Waals surface area contributed by atoms with E-state index in [1.807, 2.05) is 31.2 Å². The highest BCUT2D eigenvalue weighted by atomic mass is 35.5. The van der Waals surface area contributed by atoms with Crippen molar-refractivity contribution in [3.8, 4) is 11.1 Å². The molecule has 18 heavy (non-hydrogen) atoms. The van der Waals surface area contributed by atoms with E-state index >= 15 is 0 Å². The van der Waals surface area contributed by atoms with Gasteiger partial charge in [0.2, 0.25) is 0 Å². The molecule has 0 spiro atoms. The second-order valence-corrected chi connectivity index (χ2v) is 5.27. The summed E-state index contributed by atoms with van der Waals surface area (Å²) in [4.78, 5) is 4.51. The zero-order valence-corrected chi connectivity index (χ0v) is 11.5. The zero-order chi connectivity index (χ0) is 11.8. The van der Waals surface area contributed by atoms with E-state index in [2.05, 4.69) is 23.2 Å². The Bertz CT molecular complexity index is 674. The van der Waals surface area contributed by atoms with E-state index in [1.165, 1.54) is 15.8 Å². The SMILES string of the molecule is Cc1nc2cc(-c3ccc(N)cc3)ccc2s1.Cl. The Labute approximate surface area is 116 Å². The van der Waals surface area contributed by atoms with Gasteiger partial charge in [0.05, 0.1) is 15.2 Å². The van der Waals surface area contributed by atoms with Gasteiger partial charge in [-0.25, -0.2) is 4.98 Å². The van der Waals surface area contributed by atoms with Crippen LogP contribution < -0.4 is 5.73 Å². The minimum atomic E-state index is 0. The van der Waals surface area contributed by atoms with Gasteiger partial charge in [-0.05, 0) is 42.3 Å². The third kappa shape index (κ3) is 2.33. The minimum absolute atomic E-state index is 0. The predicted octanol–water partition coefficient (Wildman–Crippen LogP) is 4.28. The van der Waals surface area contributed by atoms with Crippen LogP contribution in [0.2, 0.25) is 0 Å². The number of nitrogen functional groups attached to an aromatic ring is 1. The van der Waals surface area contributed by atoms with Crippen LogP contribution >= 0.6 is 23.7 Å². The molecular formula is C14H13ClN2S. The van der Waals surface area contributed by atoms with Crippen molar-refractivity contribution >= 4 is 39.6 Å². The van der Waals surface area contributed by atoms with Gasteiger partial charge < -0.3 is 5.73 Å². The standard InChI is InChI=1S/C14H12N2S.ClH/c1-9-16-13-8-11(4-7-14(13)17-9)10-2-5-12(15)6-3-10;/h2-8H,15H2,1H3;1H. The van der Waals surface area contributed by atoms with Crippen molar-refractivity contribution in [2.24, 2.45) is 0 Å². The van der Waals surface area contributed by atoms with Crippen LogP contribution in [0.1, 0.15) is 5.01 Å². The fraction of sp³-hybridized carbons (Fsp3) is 0.0714. The highest BCUT2D eigenvalue weighted by Crippen LogP contribution is 2.27. The molecule has 0 aliphatic rings. The first-order valence-corrected chi connectivity index (χ1v) is 6.27. The fourth-order valence-electron chi connectivity index (χ4n) is 1.90. The Kier molecular flexibility index (Phi) is 3.55. The molecular weight excluding hydrogens is 264 g/mol. The van der Waals surface area contributed by atoms with E-state index in [0.717, 1.165) is 16.2 Å². The number of halogens is 1. The normalized spacial score (nSPS) is 10.3. The number of hydrogen-bond donors (Lipinski definition) is 1. The monoisotopic (exact) mass is 276 g/mol. The van der Waals surface area contributed by atoms with Gasteiger partial charge in [0, 0.05) is 5.69 Å². The topological polar surface area (TPSA) is 38.9 Å². The average Bonchev–Trinajstić information content (AvgIpc) is 2.69. The smallest absolute Gasteiger partial charge is 0.0907 e. The maximum Gasteiger partial charge on any atom is 0.0907 e. The number of fused-ring (bicyclic) bond motifs is 1. The first kappa shape index (κ1) is 12.9. The van der Waals surface area contributed by atoms with E-state index in [0.29, 0.717) is 0 Å². The molecule has 1 heterocycles. The van der Waals surface area contributed by atoms with Crippen LogP contribution in [-0.2, 0) is 0 Å². The lowest BCUT2D eigenvalue weighted by atomic mass is 10.1. The molecule has 0 radical (unpaired) electrons. The van der Waals surface area contributed by atoms with Crippen LogP contribution in [-0.4, -0.2) is 4.98 Å². The first-order chi connectivity index (χ1) is 8.22. The molecule has 0 bridgehead atoms. The number of aryl methyl sites for hydroxylation is 1. The molecule has 3 rings (SSSR count). The van der Waals surface area contributed by atoms with Crippen LogP contribution in [0.5, 0.6) is 0 Å². The molecule has 0 aliphatic heterocycles. The van der Waals surface area contributed by atoms with Crippen molar-refractivity contribution < 1.29 is 0 Å². The van der Waals surface area contributed by atoms with E-state index in [9.17, 15) is 0 Å². The molecule has 0 unspecified atom stereocenters. The largest absolute Gasteiger partial charge is 0.399 e. The number of nitrogens with two attached hydrogens (primary N) is 1. The van der Waals surface area contributed by atoms with Crippen LogP contribution in [0.3, 0.4) is 0 Å². The summed E-state index contributed by atoms with van der Waals surface area (Å²) >= 11 is 1.73. The van der Waals surface area contributed by atoms with E-state index < -0.39 is 0 Å². The molecule has 0 fully saturated rings. The van der Waals surface area contributed by atoms with Gasteiger partial charge in [0.25, 0.3) is 0 Å². The van der Waals surface area contributed by atoms with Gasteiger partial charge in [0.1, 0.15) is 0 Å². The molecule has 4 heteroatoms. The molecule has 0 saturated carbocycles. The number of thiazole rings is 1. The molecule has 0 saturated heterocycles. The minimum Gasteiger partial charge on any atom is -0.399 e. The van der Waals surface area contributed by atoms with Crippen molar-refractivity contribution in [2.45, 2.75) is 6.92 Å². The molecule has 92 valence electrons. The third-order valence-corrected chi connectivity index (χ3v) is 3.69. The van der Waals surface area contributed by atoms with Crippen molar-refractivity contribution in [1.82, 2.24) is 4.98 Å². The molecule has 2 nitrogen and oxygen atoms in total. The van der Waals surface area contributed by atoms with E-state index in [4.69, 9.17) is 5.73 Å². The van der Waals surface area contributed by atoms with Crippen LogP contribution in [0.15, 0.2) is 42.5 Å². The first-order valence-electron chi connectivity index (χ1n) is 5.45. The summed E-state index contributed by atoms with van der Waals surface area (Å²) in [5, 5.41) is 1.11. The van der Waals surface area contributed by atoms with Gasteiger partial charge in [0.15, 0.2) is 0 Å². The lowest BCUT2D eigenvalue weighted by Crippen LogP contribution is -1.83. The molecule has 2 N–H and O–H groups in total. The molecule has 0 atom stereocenters. The van der Waals surface area contributed by atoms with Gasteiger partial charge in [-0.3, -0.25) is 0 Å². The Morgan fingerprint density at radius 3 is 2.39 bits per heavy atom. The average molecular weight is 277 g/mol. The molecule has 3 aromatic rings. The maximum absolute atomic E-state index is 5.69. The van der Waals surface area contributed by atoms with Crippen molar-refractivity contribution in [1.29, 1.82) is 0 Å².